The average molecular weight is 196 g/mol. The minimum Gasteiger partial charge on any atom is -0.338 e. The van der Waals surface area contributed by atoms with Gasteiger partial charge in [-0.2, -0.15) is 5.10 Å². The molecule has 1 aromatic heterocycles. The van der Waals surface area contributed by atoms with Gasteiger partial charge in [-0.1, -0.05) is 6.92 Å². The Morgan fingerprint density at radius 2 is 2.36 bits per heavy atom. The fourth-order valence-corrected chi connectivity index (χ4v) is 1.00. The van der Waals surface area contributed by atoms with Crippen LogP contribution in [0.3, 0.4) is 0 Å². The Kier molecular flexibility index (Phi) is 3.97. The molecule has 0 unspecified atom stereocenters. The number of hydrogen-bond acceptors (Lipinski definition) is 2. The molecule has 0 aliphatic rings. The maximum atomic E-state index is 11.2. The molecule has 0 spiro atoms. The fourth-order valence-electron chi connectivity index (χ4n) is 1.00. The van der Waals surface area contributed by atoms with Gasteiger partial charge in [0.25, 0.3) is 0 Å². The first-order chi connectivity index (χ1) is 6.76. The van der Waals surface area contributed by atoms with Crippen LogP contribution in [0.5, 0.6) is 0 Å². The monoisotopic (exact) mass is 196 g/mol. The highest BCUT2D eigenvalue weighted by molar-refractivity contribution is 5.88. The van der Waals surface area contributed by atoms with E-state index in [1.165, 1.54) is 0 Å². The summed E-state index contributed by atoms with van der Waals surface area (Å²) in [5.41, 5.74) is 0. The lowest BCUT2D eigenvalue weighted by Gasteiger charge is -2.02. The van der Waals surface area contributed by atoms with Crippen LogP contribution in [0.15, 0.2) is 12.3 Å². The number of aryl methyl sites for hydroxylation is 1. The van der Waals surface area contributed by atoms with E-state index in [0.717, 1.165) is 13.0 Å². The Hall–Kier alpha value is -1.52. The van der Waals surface area contributed by atoms with Gasteiger partial charge in [0.05, 0.1) is 0 Å². The lowest BCUT2D eigenvalue weighted by atomic mass is 10.5. The van der Waals surface area contributed by atoms with Gasteiger partial charge in [0.1, 0.15) is 0 Å². The van der Waals surface area contributed by atoms with Crippen molar-refractivity contribution in [2.45, 2.75) is 26.8 Å². The van der Waals surface area contributed by atoms with E-state index in [4.69, 9.17) is 0 Å². The molecular weight excluding hydrogens is 180 g/mol. The summed E-state index contributed by atoms with van der Waals surface area (Å²) in [5, 5.41) is 9.48. The Morgan fingerprint density at radius 3 is 2.93 bits per heavy atom. The largest absolute Gasteiger partial charge is 0.338 e. The molecule has 5 heteroatoms. The molecule has 0 aliphatic carbocycles. The molecule has 0 saturated carbocycles. The number of nitrogens with zero attached hydrogens (tertiary/aromatic N) is 2. The first-order valence-corrected chi connectivity index (χ1v) is 4.84. The average Bonchev–Trinajstić information content (AvgIpc) is 2.62. The van der Waals surface area contributed by atoms with Crippen molar-refractivity contribution in [1.29, 1.82) is 0 Å². The zero-order chi connectivity index (χ0) is 10.4. The summed E-state index contributed by atoms with van der Waals surface area (Å²) >= 11 is 0. The third kappa shape index (κ3) is 3.08. The molecule has 14 heavy (non-hydrogen) atoms. The molecule has 1 aromatic rings. The van der Waals surface area contributed by atoms with Crippen LogP contribution in [0, 0.1) is 0 Å². The molecular formula is C9H16N4O. The summed E-state index contributed by atoms with van der Waals surface area (Å²) in [4.78, 5) is 11.2. The van der Waals surface area contributed by atoms with Crippen molar-refractivity contribution in [3.63, 3.8) is 0 Å². The molecule has 1 rings (SSSR count). The number of rotatable bonds is 4. The standard InChI is InChI=1S/C9H16N4O/c1-3-6-10-9(14)11-8-5-7-13(4-2)12-8/h5,7H,3-4,6H2,1-2H3,(H2,10,11,12,14). The van der Waals surface area contributed by atoms with Gasteiger partial charge < -0.3 is 5.32 Å². The molecule has 2 amide bonds. The van der Waals surface area contributed by atoms with Crippen molar-refractivity contribution in [1.82, 2.24) is 15.1 Å². The first kappa shape index (κ1) is 10.6. The third-order valence-electron chi connectivity index (χ3n) is 1.74. The van der Waals surface area contributed by atoms with Crippen molar-refractivity contribution in [2.75, 3.05) is 11.9 Å². The van der Waals surface area contributed by atoms with Gasteiger partial charge >= 0.3 is 6.03 Å². The summed E-state index contributed by atoms with van der Waals surface area (Å²) in [5.74, 6) is 0.584. The van der Waals surface area contributed by atoms with Crippen molar-refractivity contribution in [3.05, 3.63) is 12.3 Å². The van der Waals surface area contributed by atoms with E-state index < -0.39 is 0 Å². The zero-order valence-corrected chi connectivity index (χ0v) is 8.58. The highest BCUT2D eigenvalue weighted by Gasteiger charge is 2.02. The number of aromatic nitrogens is 2. The van der Waals surface area contributed by atoms with Gasteiger partial charge in [-0.3, -0.25) is 10.00 Å². The summed E-state index contributed by atoms with van der Waals surface area (Å²) in [6.45, 7) is 5.48. The van der Waals surface area contributed by atoms with Gasteiger partial charge in [0, 0.05) is 25.4 Å². The van der Waals surface area contributed by atoms with E-state index in [1.807, 2.05) is 20.0 Å². The third-order valence-corrected chi connectivity index (χ3v) is 1.74. The predicted octanol–water partition coefficient (Wildman–Crippen LogP) is 1.43. The Morgan fingerprint density at radius 1 is 1.57 bits per heavy atom. The maximum absolute atomic E-state index is 11.2. The van der Waals surface area contributed by atoms with Crippen molar-refractivity contribution in [2.24, 2.45) is 0 Å². The van der Waals surface area contributed by atoms with Crippen LogP contribution in [-0.2, 0) is 6.54 Å². The predicted molar refractivity (Wildman–Crippen MR) is 55.2 cm³/mol. The van der Waals surface area contributed by atoms with Crippen molar-refractivity contribution in [3.8, 4) is 0 Å². The van der Waals surface area contributed by atoms with E-state index in [1.54, 1.807) is 10.7 Å². The van der Waals surface area contributed by atoms with Gasteiger partial charge in [0.2, 0.25) is 0 Å². The molecule has 2 N–H and O–H groups in total. The second kappa shape index (κ2) is 5.26. The van der Waals surface area contributed by atoms with Crippen LogP contribution >= 0.6 is 0 Å². The molecule has 1 heterocycles. The Balaban J connectivity index is 2.39. The van der Waals surface area contributed by atoms with Crippen LogP contribution in [-0.4, -0.2) is 22.4 Å². The maximum Gasteiger partial charge on any atom is 0.320 e. The Bertz CT molecular complexity index is 295. The fraction of sp³-hybridized carbons (Fsp3) is 0.556. The van der Waals surface area contributed by atoms with Gasteiger partial charge in [0.15, 0.2) is 5.82 Å². The van der Waals surface area contributed by atoms with Crippen LogP contribution < -0.4 is 10.6 Å². The second-order valence-corrected chi connectivity index (χ2v) is 2.94. The van der Waals surface area contributed by atoms with E-state index in [-0.39, 0.29) is 6.03 Å². The molecule has 5 nitrogen and oxygen atoms in total. The normalized spacial score (nSPS) is 9.86. The number of amides is 2. The van der Waals surface area contributed by atoms with Crippen LogP contribution in [0.4, 0.5) is 10.6 Å². The number of nitrogens with one attached hydrogen (secondary N) is 2. The number of urea groups is 1. The zero-order valence-electron chi connectivity index (χ0n) is 8.58. The van der Waals surface area contributed by atoms with Crippen LogP contribution in [0.25, 0.3) is 0 Å². The molecule has 0 radical (unpaired) electrons. The lowest BCUT2D eigenvalue weighted by Crippen LogP contribution is -2.29. The molecule has 0 aromatic carbocycles. The van der Waals surface area contributed by atoms with Crippen molar-refractivity contribution >= 4 is 11.8 Å². The highest BCUT2D eigenvalue weighted by atomic mass is 16.2. The van der Waals surface area contributed by atoms with Gasteiger partial charge in [-0.25, -0.2) is 4.79 Å². The number of anilines is 1. The number of hydrogen-bond donors (Lipinski definition) is 2. The summed E-state index contributed by atoms with van der Waals surface area (Å²) in [7, 11) is 0. The van der Waals surface area contributed by atoms with E-state index in [9.17, 15) is 4.79 Å². The number of carbonyl (C=O) groups excluding carboxylic acids is 1. The van der Waals surface area contributed by atoms with Gasteiger partial charge in [-0.05, 0) is 13.3 Å². The molecule has 0 fully saturated rings. The molecule has 0 atom stereocenters. The molecule has 0 bridgehead atoms. The smallest absolute Gasteiger partial charge is 0.320 e. The molecule has 0 aliphatic heterocycles. The number of carbonyl (C=O) groups is 1. The summed E-state index contributed by atoms with van der Waals surface area (Å²) in [6, 6.07) is 1.57. The van der Waals surface area contributed by atoms with Crippen LogP contribution in [0.1, 0.15) is 20.3 Å². The highest BCUT2D eigenvalue weighted by Crippen LogP contribution is 2.01. The van der Waals surface area contributed by atoms with E-state index >= 15 is 0 Å². The minimum absolute atomic E-state index is 0.201. The second-order valence-electron chi connectivity index (χ2n) is 2.94. The molecule has 0 saturated heterocycles. The van der Waals surface area contributed by atoms with Crippen molar-refractivity contribution < 1.29 is 4.79 Å². The first-order valence-electron chi connectivity index (χ1n) is 4.84. The SMILES string of the molecule is CCCNC(=O)Nc1ccn(CC)n1. The Labute approximate surface area is 83.5 Å². The van der Waals surface area contributed by atoms with Crippen LogP contribution in [0.2, 0.25) is 0 Å². The minimum atomic E-state index is -0.201. The lowest BCUT2D eigenvalue weighted by molar-refractivity contribution is 0.252. The van der Waals surface area contributed by atoms with E-state index in [0.29, 0.717) is 12.4 Å². The summed E-state index contributed by atoms with van der Waals surface area (Å²) in [6.07, 6.45) is 2.76. The quantitative estimate of drug-likeness (QED) is 0.765. The molecule has 78 valence electrons. The van der Waals surface area contributed by atoms with E-state index in [2.05, 4.69) is 15.7 Å². The topological polar surface area (TPSA) is 59.0 Å². The summed E-state index contributed by atoms with van der Waals surface area (Å²) < 4.78 is 1.76. The van der Waals surface area contributed by atoms with Gasteiger partial charge in [-0.15, -0.1) is 0 Å².